The lowest BCUT2D eigenvalue weighted by Gasteiger charge is -2.04. The first kappa shape index (κ1) is 15.2. The fraction of sp³-hybridized carbons (Fsp3) is 0.0588. The Kier molecular flexibility index (Phi) is 4.39. The van der Waals surface area contributed by atoms with Gasteiger partial charge in [0, 0.05) is 22.8 Å². The molecule has 23 heavy (non-hydrogen) atoms. The molecule has 1 heterocycles. The van der Waals surface area contributed by atoms with E-state index in [0.29, 0.717) is 17.4 Å². The Morgan fingerprint density at radius 1 is 1.17 bits per heavy atom. The zero-order chi connectivity index (χ0) is 16.2. The van der Waals surface area contributed by atoms with Crippen LogP contribution in [0, 0.1) is 5.82 Å². The molecule has 0 unspecified atom stereocenters. The first-order valence-corrected chi connectivity index (χ1v) is 7.33. The number of nitrogens with one attached hydrogen (secondary N) is 1. The summed E-state index contributed by atoms with van der Waals surface area (Å²) in [5, 5.41) is 7.56. The summed E-state index contributed by atoms with van der Waals surface area (Å²) >= 11 is 6.11. The van der Waals surface area contributed by atoms with E-state index in [4.69, 9.17) is 11.6 Å². The van der Waals surface area contributed by atoms with Crippen molar-refractivity contribution in [3.05, 3.63) is 82.8 Å². The van der Waals surface area contributed by atoms with Crippen molar-refractivity contribution in [2.24, 2.45) is 0 Å². The molecule has 0 spiro atoms. The first-order valence-electron chi connectivity index (χ1n) is 6.95. The van der Waals surface area contributed by atoms with Crippen LogP contribution in [-0.2, 0) is 6.54 Å². The standard InChI is InChI=1S/C17H13ClFN3O/c18-15-7-2-1-4-13(15)11-22-9-8-16(21-22)20-17(23)12-5-3-6-14(19)10-12/h1-10H,11H2,(H,20,21,23). The van der Waals surface area contributed by atoms with Crippen molar-refractivity contribution in [3.8, 4) is 0 Å². The molecule has 0 atom stereocenters. The Labute approximate surface area is 137 Å². The zero-order valence-electron chi connectivity index (χ0n) is 12.0. The van der Waals surface area contributed by atoms with E-state index in [1.165, 1.54) is 18.2 Å². The van der Waals surface area contributed by atoms with Gasteiger partial charge in [0.25, 0.3) is 5.91 Å². The van der Waals surface area contributed by atoms with E-state index in [2.05, 4.69) is 10.4 Å². The summed E-state index contributed by atoms with van der Waals surface area (Å²) in [4.78, 5) is 12.0. The molecule has 6 heteroatoms. The van der Waals surface area contributed by atoms with Gasteiger partial charge in [0.15, 0.2) is 5.82 Å². The van der Waals surface area contributed by atoms with Gasteiger partial charge >= 0.3 is 0 Å². The molecule has 1 amide bonds. The summed E-state index contributed by atoms with van der Waals surface area (Å²) < 4.78 is 14.8. The Morgan fingerprint density at radius 2 is 2.00 bits per heavy atom. The van der Waals surface area contributed by atoms with Crippen molar-refractivity contribution in [1.29, 1.82) is 0 Å². The quantitative estimate of drug-likeness (QED) is 0.787. The number of hydrogen-bond donors (Lipinski definition) is 1. The van der Waals surface area contributed by atoms with Crippen LogP contribution in [0.5, 0.6) is 0 Å². The van der Waals surface area contributed by atoms with E-state index < -0.39 is 11.7 Å². The van der Waals surface area contributed by atoms with Gasteiger partial charge in [-0.25, -0.2) is 4.39 Å². The first-order chi connectivity index (χ1) is 11.1. The predicted molar refractivity (Wildman–Crippen MR) is 87.1 cm³/mol. The normalized spacial score (nSPS) is 10.5. The van der Waals surface area contributed by atoms with Crippen molar-refractivity contribution in [2.75, 3.05) is 5.32 Å². The molecular weight excluding hydrogens is 317 g/mol. The minimum atomic E-state index is -0.457. The second kappa shape index (κ2) is 6.62. The second-order valence-electron chi connectivity index (χ2n) is 4.95. The van der Waals surface area contributed by atoms with Crippen LogP contribution >= 0.6 is 11.6 Å². The maximum absolute atomic E-state index is 13.1. The Morgan fingerprint density at radius 3 is 2.78 bits per heavy atom. The van der Waals surface area contributed by atoms with Crippen LogP contribution in [0.4, 0.5) is 10.2 Å². The molecule has 0 radical (unpaired) electrons. The van der Waals surface area contributed by atoms with Crippen LogP contribution in [0.15, 0.2) is 60.8 Å². The average Bonchev–Trinajstić information content (AvgIpc) is 2.97. The number of benzene rings is 2. The van der Waals surface area contributed by atoms with Gasteiger partial charge in [-0.15, -0.1) is 0 Å². The minimum absolute atomic E-state index is 0.241. The third-order valence-corrected chi connectivity index (χ3v) is 3.63. The summed E-state index contributed by atoms with van der Waals surface area (Å²) in [5.41, 5.74) is 1.17. The van der Waals surface area contributed by atoms with E-state index in [1.807, 2.05) is 24.3 Å². The number of carbonyl (C=O) groups excluding carboxylic acids is 1. The van der Waals surface area contributed by atoms with Gasteiger partial charge in [0.05, 0.1) is 6.54 Å². The largest absolute Gasteiger partial charge is 0.305 e. The van der Waals surface area contributed by atoms with Crippen LogP contribution < -0.4 is 5.32 Å². The molecule has 0 aliphatic heterocycles. The van der Waals surface area contributed by atoms with Crippen LogP contribution in [0.3, 0.4) is 0 Å². The topological polar surface area (TPSA) is 46.9 Å². The highest BCUT2D eigenvalue weighted by molar-refractivity contribution is 6.31. The Hall–Kier alpha value is -2.66. The van der Waals surface area contributed by atoms with Crippen molar-refractivity contribution < 1.29 is 9.18 Å². The highest BCUT2D eigenvalue weighted by atomic mass is 35.5. The molecule has 116 valence electrons. The van der Waals surface area contributed by atoms with Crippen LogP contribution in [0.1, 0.15) is 15.9 Å². The van der Waals surface area contributed by atoms with Gasteiger partial charge in [0.2, 0.25) is 0 Å². The number of amides is 1. The van der Waals surface area contributed by atoms with Crippen LogP contribution in [-0.4, -0.2) is 15.7 Å². The van der Waals surface area contributed by atoms with E-state index >= 15 is 0 Å². The lowest BCUT2D eigenvalue weighted by atomic mass is 10.2. The minimum Gasteiger partial charge on any atom is -0.305 e. The number of anilines is 1. The molecule has 0 saturated carbocycles. The fourth-order valence-electron chi connectivity index (χ4n) is 2.14. The summed E-state index contributed by atoms with van der Waals surface area (Å²) in [7, 11) is 0. The average molecular weight is 330 g/mol. The number of carbonyl (C=O) groups is 1. The van der Waals surface area contributed by atoms with Crippen LogP contribution in [0.25, 0.3) is 0 Å². The van der Waals surface area contributed by atoms with Gasteiger partial charge in [-0.3, -0.25) is 9.48 Å². The van der Waals surface area contributed by atoms with Crippen molar-refractivity contribution in [2.45, 2.75) is 6.54 Å². The molecule has 1 N–H and O–H groups in total. The van der Waals surface area contributed by atoms with Gasteiger partial charge in [-0.05, 0) is 29.8 Å². The molecule has 0 fully saturated rings. The molecule has 2 aromatic carbocycles. The monoisotopic (exact) mass is 329 g/mol. The molecule has 0 saturated heterocycles. The molecule has 0 aliphatic carbocycles. The number of rotatable bonds is 4. The number of aromatic nitrogens is 2. The predicted octanol–water partition coefficient (Wildman–Crippen LogP) is 3.98. The SMILES string of the molecule is O=C(Nc1ccn(Cc2ccccc2Cl)n1)c1cccc(F)c1. The fourth-order valence-corrected chi connectivity index (χ4v) is 2.33. The van der Waals surface area contributed by atoms with Gasteiger partial charge < -0.3 is 5.32 Å². The van der Waals surface area contributed by atoms with Gasteiger partial charge in [-0.1, -0.05) is 35.9 Å². The molecule has 3 rings (SSSR count). The van der Waals surface area contributed by atoms with Gasteiger partial charge in [-0.2, -0.15) is 5.10 Å². The van der Waals surface area contributed by atoms with Crippen molar-refractivity contribution in [3.63, 3.8) is 0 Å². The third kappa shape index (κ3) is 3.76. The molecule has 4 nitrogen and oxygen atoms in total. The Bertz CT molecular complexity index is 847. The molecule has 0 bridgehead atoms. The highest BCUT2D eigenvalue weighted by Gasteiger charge is 2.09. The number of hydrogen-bond acceptors (Lipinski definition) is 2. The number of halogens is 2. The van der Waals surface area contributed by atoms with E-state index in [0.717, 1.165) is 5.56 Å². The highest BCUT2D eigenvalue weighted by Crippen LogP contribution is 2.16. The number of nitrogens with zero attached hydrogens (tertiary/aromatic N) is 2. The molecule has 3 aromatic rings. The third-order valence-electron chi connectivity index (χ3n) is 3.26. The summed E-state index contributed by atoms with van der Waals surface area (Å²) in [6.45, 7) is 0.496. The van der Waals surface area contributed by atoms with Crippen LogP contribution in [0.2, 0.25) is 5.02 Å². The zero-order valence-corrected chi connectivity index (χ0v) is 12.8. The molecular formula is C17H13ClFN3O. The summed E-state index contributed by atoms with van der Waals surface area (Å²) in [5.74, 6) is -0.472. The molecule has 1 aromatic heterocycles. The lowest BCUT2D eigenvalue weighted by molar-refractivity contribution is 0.102. The Balaban J connectivity index is 1.70. The maximum atomic E-state index is 13.1. The van der Waals surface area contributed by atoms with Crippen molar-refractivity contribution in [1.82, 2.24) is 9.78 Å². The molecule has 0 aliphatic rings. The summed E-state index contributed by atoms with van der Waals surface area (Å²) in [6, 6.07) is 14.7. The van der Waals surface area contributed by atoms with Gasteiger partial charge in [0.1, 0.15) is 5.82 Å². The van der Waals surface area contributed by atoms with E-state index in [-0.39, 0.29) is 5.56 Å². The smallest absolute Gasteiger partial charge is 0.256 e. The summed E-state index contributed by atoms with van der Waals surface area (Å²) in [6.07, 6.45) is 1.74. The van der Waals surface area contributed by atoms with Crippen molar-refractivity contribution >= 4 is 23.3 Å². The second-order valence-corrected chi connectivity index (χ2v) is 5.36. The van der Waals surface area contributed by atoms with E-state index in [9.17, 15) is 9.18 Å². The lowest BCUT2D eigenvalue weighted by Crippen LogP contribution is -2.13. The maximum Gasteiger partial charge on any atom is 0.256 e. The van der Waals surface area contributed by atoms with E-state index in [1.54, 1.807) is 23.0 Å².